The minimum absolute atomic E-state index is 0.623. The maximum Gasteiger partial charge on any atom is 0.0586 e. The number of piperazine rings is 2. The Labute approximate surface area is 135 Å². The van der Waals surface area contributed by atoms with E-state index in [2.05, 4.69) is 39.3 Å². The monoisotopic (exact) mass is 311 g/mol. The molecule has 0 aromatic heterocycles. The largest absolute Gasteiger partial charge is 0.411 e. The lowest BCUT2D eigenvalue weighted by Gasteiger charge is -2.39. The Morgan fingerprint density at radius 3 is 2.18 bits per heavy atom. The highest BCUT2D eigenvalue weighted by atomic mass is 16.4. The summed E-state index contributed by atoms with van der Waals surface area (Å²) in [4.78, 5) is 7.27. The molecule has 0 aromatic carbocycles. The molecule has 0 radical (unpaired) electrons. The molecule has 0 aromatic rings. The molecule has 1 aliphatic carbocycles. The van der Waals surface area contributed by atoms with Crippen molar-refractivity contribution in [2.75, 3.05) is 66.5 Å². The van der Waals surface area contributed by atoms with Crippen LogP contribution in [0.4, 0.5) is 0 Å². The first kappa shape index (κ1) is 17.7. The van der Waals surface area contributed by atoms with Gasteiger partial charge in [-0.1, -0.05) is 5.16 Å². The second-order valence-corrected chi connectivity index (χ2v) is 6.81. The summed E-state index contributed by atoms with van der Waals surface area (Å²) in [6, 6.07) is 0.623. The number of hydrogen-bond acceptors (Lipinski definition) is 6. The van der Waals surface area contributed by atoms with E-state index in [1.165, 1.54) is 52.1 Å². The molecule has 6 nitrogen and oxygen atoms in total. The van der Waals surface area contributed by atoms with Gasteiger partial charge in [0, 0.05) is 64.8 Å². The van der Waals surface area contributed by atoms with Crippen LogP contribution in [0.15, 0.2) is 5.16 Å². The third kappa shape index (κ3) is 5.83. The molecule has 6 heteroatoms. The first-order valence-electron chi connectivity index (χ1n) is 8.70. The molecule has 2 aliphatic heterocycles. The van der Waals surface area contributed by atoms with Crippen molar-refractivity contribution < 1.29 is 5.21 Å². The minimum Gasteiger partial charge on any atom is -0.411 e. The molecule has 0 spiro atoms. The van der Waals surface area contributed by atoms with Gasteiger partial charge >= 0.3 is 0 Å². The summed E-state index contributed by atoms with van der Waals surface area (Å²) in [6.45, 7) is 9.41. The molecule has 0 amide bonds. The Bertz CT molecular complexity index is 335. The van der Waals surface area contributed by atoms with Gasteiger partial charge in [0.25, 0.3) is 0 Å². The molecule has 0 bridgehead atoms. The van der Waals surface area contributed by atoms with Gasteiger partial charge in [-0.25, -0.2) is 0 Å². The van der Waals surface area contributed by atoms with Crippen molar-refractivity contribution in [1.29, 1.82) is 0 Å². The first-order valence-corrected chi connectivity index (χ1v) is 8.70. The van der Waals surface area contributed by atoms with Gasteiger partial charge in [0.05, 0.1) is 5.71 Å². The summed E-state index contributed by atoms with van der Waals surface area (Å²) < 4.78 is 0. The van der Waals surface area contributed by atoms with Gasteiger partial charge in [-0.2, -0.15) is 0 Å². The number of likely N-dealkylation sites (N-methyl/N-ethyl adjacent to an activating group) is 2. The van der Waals surface area contributed by atoms with Gasteiger partial charge in [0.2, 0.25) is 0 Å². The molecule has 3 rings (SSSR count). The lowest BCUT2D eigenvalue weighted by atomic mass is 9.92. The Balaban J connectivity index is 0.000000211. The lowest BCUT2D eigenvalue weighted by Crippen LogP contribution is -2.50. The van der Waals surface area contributed by atoms with Gasteiger partial charge in [0.15, 0.2) is 0 Å². The highest BCUT2D eigenvalue weighted by molar-refractivity contribution is 5.85. The Morgan fingerprint density at radius 1 is 1.00 bits per heavy atom. The van der Waals surface area contributed by atoms with Gasteiger partial charge in [-0.05, 0) is 33.4 Å². The molecule has 128 valence electrons. The van der Waals surface area contributed by atoms with Crippen molar-refractivity contribution in [2.45, 2.75) is 31.7 Å². The van der Waals surface area contributed by atoms with E-state index in [1.54, 1.807) is 0 Å². The van der Waals surface area contributed by atoms with Crippen LogP contribution >= 0.6 is 0 Å². The van der Waals surface area contributed by atoms with Crippen molar-refractivity contribution in [1.82, 2.24) is 20.0 Å². The van der Waals surface area contributed by atoms with Crippen LogP contribution in [0.5, 0.6) is 0 Å². The summed E-state index contributed by atoms with van der Waals surface area (Å²) in [5.41, 5.74) is 0.991. The van der Waals surface area contributed by atoms with E-state index >= 15 is 0 Å². The molecule has 1 unspecified atom stereocenters. The molecular weight excluding hydrogens is 278 g/mol. The SMILES string of the molecule is CN1CCN(C2CCCC(=NO)C2)CC1.CN1CCNCC1. The number of hydrogen-bond donors (Lipinski definition) is 2. The lowest BCUT2D eigenvalue weighted by molar-refractivity contribution is 0.105. The smallest absolute Gasteiger partial charge is 0.0586 e. The predicted octanol–water partition coefficient (Wildman–Crippen LogP) is 0.528. The van der Waals surface area contributed by atoms with Crippen molar-refractivity contribution in [3.63, 3.8) is 0 Å². The van der Waals surface area contributed by atoms with Crippen LogP contribution in [0, 0.1) is 0 Å². The Hall–Kier alpha value is -0.690. The van der Waals surface area contributed by atoms with Crippen molar-refractivity contribution >= 4 is 5.71 Å². The molecule has 22 heavy (non-hydrogen) atoms. The topological polar surface area (TPSA) is 54.3 Å². The van der Waals surface area contributed by atoms with Crippen LogP contribution < -0.4 is 5.32 Å². The fraction of sp³-hybridized carbons (Fsp3) is 0.938. The van der Waals surface area contributed by atoms with E-state index in [4.69, 9.17) is 5.21 Å². The summed E-state index contributed by atoms with van der Waals surface area (Å²) in [5, 5.41) is 15.5. The molecular formula is C16H33N5O. The second kappa shape index (κ2) is 9.45. The number of nitrogens with zero attached hydrogens (tertiary/aromatic N) is 4. The average Bonchev–Trinajstić information content (AvgIpc) is 2.57. The van der Waals surface area contributed by atoms with Crippen LogP contribution in [0.2, 0.25) is 0 Å². The summed E-state index contributed by atoms with van der Waals surface area (Å²) >= 11 is 0. The van der Waals surface area contributed by atoms with E-state index in [9.17, 15) is 0 Å². The van der Waals surface area contributed by atoms with Gasteiger partial charge in [-0.3, -0.25) is 4.90 Å². The quantitative estimate of drug-likeness (QED) is 0.546. The second-order valence-electron chi connectivity index (χ2n) is 6.81. The molecule has 2 heterocycles. The van der Waals surface area contributed by atoms with Crippen LogP contribution in [0.3, 0.4) is 0 Å². The van der Waals surface area contributed by atoms with Gasteiger partial charge in [0.1, 0.15) is 0 Å². The van der Waals surface area contributed by atoms with Crippen molar-refractivity contribution in [3.8, 4) is 0 Å². The average molecular weight is 311 g/mol. The molecule has 1 saturated carbocycles. The van der Waals surface area contributed by atoms with Crippen LogP contribution in [0.1, 0.15) is 25.7 Å². The zero-order chi connectivity index (χ0) is 15.8. The summed E-state index contributed by atoms with van der Waals surface area (Å²) in [7, 11) is 4.33. The predicted molar refractivity (Wildman–Crippen MR) is 90.9 cm³/mol. The van der Waals surface area contributed by atoms with E-state index in [1.807, 2.05) is 0 Å². The zero-order valence-corrected chi connectivity index (χ0v) is 14.3. The van der Waals surface area contributed by atoms with Crippen molar-refractivity contribution in [2.24, 2.45) is 5.16 Å². The minimum atomic E-state index is 0.623. The maximum absolute atomic E-state index is 8.81. The summed E-state index contributed by atoms with van der Waals surface area (Å²) in [5.74, 6) is 0. The highest BCUT2D eigenvalue weighted by Gasteiger charge is 2.26. The highest BCUT2D eigenvalue weighted by Crippen LogP contribution is 2.22. The number of oxime groups is 1. The van der Waals surface area contributed by atoms with Crippen LogP contribution in [0.25, 0.3) is 0 Å². The molecule has 3 aliphatic rings. The Morgan fingerprint density at radius 2 is 1.64 bits per heavy atom. The fourth-order valence-electron chi connectivity index (χ4n) is 3.38. The number of rotatable bonds is 1. The van der Waals surface area contributed by atoms with Gasteiger partial charge in [-0.15, -0.1) is 0 Å². The third-order valence-corrected chi connectivity index (χ3v) is 5.01. The third-order valence-electron chi connectivity index (χ3n) is 5.01. The fourth-order valence-corrected chi connectivity index (χ4v) is 3.38. The first-order chi connectivity index (χ1) is 10.7. The normalized spacial score (nSPS) is 30.8. The van der Waals surface area contributed by atoms with Crippen LogP contribution in [-0.2, 0) is 0 Å². The standard InChI is InChI=1S/C11H21N3O.C5H12N2/c1-13-5-7-14(8-6-13)11-4-2-3-10(9-11)12-15;1-7-4-2-6-3-5-7/h11,15H,2-9H2,1H3;6H,2-5H2,1H3. The van der Waals surface area contributed by atoms with E-state index in [0.717, 1.165) is 31.6 Å². The zero-order valence-electron chi connectivity index (χ0n) is 14.3. The Kier molecular flexibility index (Phi) is 7.59. The summed E-state index contributed by atoms with van der Waals surface area (Å²) in [6.07, 6.45) is 4.40. The van der Waals surface area contributed by atoms with E-state index in [0.29, 0.717) is 6.04 Å². The van der Waals surface area contributed by atoms with Crippen LogP contribution in [-0.4, -0.2) is 98.1 Å². The molecule has 2 N–H and O–H groups in total. The maximum atomic E-state index is 8.81. The van der Waals surface area contributed by atoms with Crippen molar-refractivity contribution in [3.05, 3.63) is 0 Å². The number of nitrogens with one attached hydrogen (secondary N) is 1. The molecule has 3 fully saturated rings. The van der Waals surface area contributed by atoms with Gasteiger partial charge < -0.3 is 20.3 Å². The molecule has 1 atom stereocenters. The molecule has 2 saturated heterocycles. The van der Waals surface area contributed by atoms with E-state index in [-0.39, 0.29) is 0 Å². The van der Waals surface area contributed by atoms with E-state index < -0.39 is 0 Å².